The molecule has 0 N–H and O–H groups in total. The molecule has 0 aliphatic heterocycles. The zero-order valence-corrected chi connectivity index (χ0v) is 13.6. The van der Waals surface area contributed by atoms with Gasteiger partial charge in [-0.05, 0) is 37.6 Å². The summed E-state index contributed by atoms with van der Waals surface area (Å²) in [6.07, 6.45) is 2.66. The molecule has 6 heteroatoms. The second-order valence-corrected chi connectivity index (χ2v) is 5.77. The van der Waals surface area contributed by atoms with Crippen molar-refractivity contribution in [3.8, 4) is 17.2 Å². The van der Waals surface area contributed by atoms with Gasteiger partial charge < -0.3 is 9.15 Å². The maximum Gasteiger partial charge on any atom is 0.276 e. The molecule has 2 heterocycles. The predicted molar refractivity (Wildman–Crippen MR) is 89.6 cm³/mol. The highest BCUT2D eigenvalue weighted by Crippen LogP contribution is 2.30. The summed E-state index contributed by atoms with van der Waals surface area (Å²) in [4.78, 5) is 4.30. The first-order valence-corrected chi connectivity index (χ1v) is 8.44. The van der Waals surface area contributed by atoms with Crippen molar-refractivity contribution in [2.24, 2.45) is 0 Å². The Bertz CT molecular complexity index is 746. The fourth-order valence-corrected chi connectivity index (χ4v) is 2.81. The fourth-order valence-electron chi connectivity index (χ4n) is 2.09. The molecule has 0 aliphatic rings. The van der Waals surface area contributed by atoms with Crippen LogP contribution in [0.2, 0.25) is 0 Å². The van der Waals surface area contributed by atoms with Crippen LogP contribution in [0.25, 0.3) is 11.5 Å². The number of hydrogen-bond donors (Lipinski definition) is 0. The Kier molecular flexibility index (Phi) is 5.26. The Morgan fingerprint density at radius 1 is 1.09 bits per heavy atom. The molecule has 0 amide bonds. The third-order valence-electron chi connectivity index (χ3n) is 3.13. The molecule has 23 heavy (non-hydrogen) atoms. The molecule has 0 fully saturated rings. The minimum atomic E-state index is 0.481. The molecule has 0 bridgehead atoms. The van der Waals surface area contributed by atoms with Crippen molar-refractivity contribution in [1.29, 1.82) is 0 Å². The average Bonchev–Trinajstić information content (AvgIpc) is 3.05. The van der Waals surface area contributed by atoms with E-state index in [1.165, 1.54) is 11.8 Å². The first-order chi connectivity index (χ1) is 11.4. The van der Waals surface area contributed by atoms with E-state index in [0.717, 1.165) is 29.2 Å². The Hall–Kier alpha value is -2.34. The van der Waals surface area contributed by atoms with E-state index in [0.29, 0.717) is 17.7 Å². The second-order valence-electron chi connectivity index (χ2n) is 4.72. The van der Waals surface area contributed by atoms with Gasteiger partial charge in [-0.15, -0.1) is 10.2 Å². The average molecular weight is 327 g/mol. The van der Waals surface area contributed by atoms with Gasteiger partial charge in [0.15, 0.2) is 0 Å². The van der Waals surface area contributed by atoms with Gasteiger partial charge in [0.1, 0.15) is 5.75 Å². The third kappa shape index (κ3) is 4.10. The molecular formula is C17H17N3O2S. The second kappa shape index (κ2) is 7.78. The molecule has 0 radical (unpaired) electrons. The number of para-hydroxylation sites is 1. The molecule has 5 nitrogen and oxygen atoms in total. The van der Waals surface area contributed by atoms with Gasteiger partial charge in [0.05, 0.1) is 12.2 Å². The van der Waals surface area contributed by atoms with Crippen molar-refractivity contribution in [3.05, 3.63) is 54.4 Å². The van der Waals surface area contributed by atoms with Gasteiger partial charge in [-0.25, -0.2) is 0 Å². The lowest BCUT2D eigenvalue weighted by Crippen LogP contribution is -1.93. The molecule has 1 aromatic carbocycles. The molecule has 0 saturated heterocycles. The van der Waals surface area contributed by atoms with E-state index in [1.807, 2.05) is 49.4 Å². The van der Waals surface area contributed by atoms with Crippen molar-refractivity contribution >= 4 is 11.8 Å². The zero-order chi connectivity index (χ0) is 15.9. The van der Waals surface area contributed by atoms with Gasteiger partial charge in [0, 0.05) is 17.6 Å². The Balaban J connectivity index is 1.64. The first kappa shape index (κ1) is 15.6. The molecule has 3 rings (SSSR count). The predicted octanol–water partition coefficient (Wildman–Crippen LogP) is 3.87. The Morgan fingerprint density at radius 2 is 1.96 bits per heavy atom. The summed E-state index contributed by atoms with van der Waals surface area (Å²) in [5, 5.41) is 8.77. The lowest BCUT2D eigenvalue weighted by molar-refractivity contribution is 0.340. The van der Waals surface area contributed by atoms with Crippen LogP contribution in [0.1, 0.15) is 12.6 Å². The summed E-state index contributed by atoms with van der Waals surface area (Å²) in [6.45, 7) is 2.54. The highest BCUT2D eigenvalue weighted by atomic mass is 32.2. The number of pyridine rings is 1. The minimum Gasteiger partial charge on any atom is -0.493 e. The lowest BCUT2D eigenvalue weighted by atomic mass is 10.2. The minimum absolute atomic E-state index is 0.481. The fraction of sp³-hybridized carbons (Fsp3) is 0.235. The van der Waals surface area contributed by atoms with Gasteiger partial charge in [0.25, 0.3) is 11.1 Å². The van der Waals surface area contributed by atoms with Crippen LogP contribution in [-0.2, 0) is 6.42 Å². The van der Waals surface area contributed by atoms with Crippen molar-refractivity contribution in [1.82, 2.24) is 15.2 Å². The normalized spacial score (nSPS) is 10.7. The van der Waals surface area contributed by atoms with Crippen molar-refractivity contribution in [2.45, 2.75) is 18.6 Å². The van der Waals surface area contributed by atoms with E-state index < -0.39 is 0 Å². The molecule has 0 unspecified atom stereocenters. The van der Waals surface area contributed by atoms with Crippen LogP contribution in [-0.4, -0.2) is 27.5 Å². The van der Waals surface area contributed by atoms with E-state index in [4.69, 9.17) is 9.15 Å². The molecule has 0 spiro atoms. The van der Waals surface area contributed by atoms with Crippen LogP contribution in [0.15, 0.2) is 58.3 Å². The van der Waals surface area contributed by atoms with Crippen LogP contribution < -0.4 is 4.74 Å². The molecule has 118 valence electrons. The van der Waals surface area contributed by atoms with E-state index in [9.17, 15) is 0 Å². The van der Waals surface area contributed by atoms with Crippen LogP contribution in [0.4, 0.5) is 0 Å². The van der Waals surface area contributed by atoms with Gasteiger partial charge >= 0.3 is 0 Å². The van der Waals surface area contributed by atoms with E-state index in [1.54, 1.807) is 6.20 Å². The molecule has 3 aromatic rings. The highest BCUT2D eigenvalue weighted by molar-refractivity contribution is 7.99. The Labute approximate surface area is 139 Å². The number of rotatable bonds is 7. The molecule has 0 atom stereocenters. The third-order valence-corrected chi connectivity index (χ3v) is 3.95. The summed E-state index contributed by atoms with van der Waals surface area (Å²) < 4.78 is 11.3. The van der Waals surface area contributed by atoms with Crippen LogP contribution in [0.3, 0.4) is 0 Å². The summed E-state index contributed by atoms with van der Waals surface area (Å²) in [5.74, 6) is 2.07. The van der Waals surface area contributed by atoms with Crippen molar-refractivity contribution in [3.63, 3.8) is 0 Å². The van der Waals surface area contributed by atoms with Crippen molar-refractivity contribution in [2.75, 3.05) is 12.4 Å². The molecule has 0 saturated carbocycles. The number of benzene rings is 1. The van der Waals surface area contributed by atoms with Crippen molar-refractivity contribution < 1.29 is 9.15 Å². The first-order valence-electron chi connectivity index (χ1n) is 7.45. The summed E-state index contributed by atoms with van der Waals surface area (Å²) in [7, 11) is 0. The van der Waals surface area contributed by atoms with Gasteiger partial charge in [-0.2, -0.15) is 0 Å². The monoisotopic (exact) mass is 327 g/mol. The quantitative estimate of drug-likeness (QED) is 0.614. The lowest BCUT2D eigenvalue weighted by Gasteiger charge is -2.06. The number of aromatic nitrogens is 3. The topological polar surface area (TPSA) is 61.0 Å². The van der Waals surface area contributed by atoms with E-state index in [-0.39, 0.29) is 0 Å². The van der Waals surface area contributed by atoms with Gasteiger partial charge in [-0.3, -0.25) is 4.98 Å². The number of nitrogens with zero attached hydrogens (tertiary/aromatic N) is 3. The van der Waals surface area contributed by atoms with Gasteiger partial charge in [0.2, 0.25) is 0 Å². The number of hydrogen-bond acceptors (Lipinski definition) is 6. The summed E-state index contributed by atoms with van der Waals surface area (Å²) in [6, 6.07) is 13.6. The summed E-state index contributed by atoms with van der Waals surface area (Å²) >= 11 is 1.53. The summed E-state index contributed by atoms with van der Waals surface area (Å²) in [5.41, 5.74) is 1.87. The van der Waals surface area contributed by atoms with E-state index in [2.05, 4.69) is 15.2 Å². The molecular weight excluding hydrogens is 310 g/mol. The SMILES string of the molecule is CCOc1ccccc1-c1nnc(SCCc2ccccn2)o1. The maximum absolute atomic E-state index is 5.73. The maximum atomic E-state index is 5.73. The number of aryl methyl sites for hydroxylation is 1. The van der Waals surface area contributed by atoms with Crippen LogP contribution in [0.5, 0.6) is 5.75 Å². The van der Waals surface area contributed by atoms with Crippen LogP contribution >= 0.6 is 11.8 Å². The van der Waals surface area contributed by atoms with Gasteiger partial charge in [-0.1, -0.05) is 30.0 Å². The smallest absolute Gasteiger partial charge is 0.276 e. The molecule has 2 aromatic heterocycles. The highest BCUT2D eigenvalue weighted by Gasteiger charge is 2.13. The Morgan fingerprint density at radius 3 is 2.78 bits per heavy atom. The largest absolute Gasteiger partial charge is 0.493 e. The molecule has 0 aliphatic carbocycles. The van der Waals surface area contributed by atoms with Crippen LogP contribution in [0, 0.1) is 0 Å². The van der Waals surface area contributed by atoms with E-state index >= 15 is 0 Å². The standard InChI is InChI=1S/C17H17N3O2S/c1-2-21-15-9-4-3-8-14(15)16-19-20-17(22-16)23-12-10-13-7-5-6-11-18-13/h3-9,11H,2,10,12H2,1H3. The number of thioether (sulfide) groups is 1. The zero-order valence-electron chi connectivity index (χ0n) is 12.8. The number of ether oxygens (including phenoxy) is 1.